The lowest BCUT2D eigenvalue weighted by molar-refractivity contribution is -0.156. The number of hydrogen-bond acceptors (Lipinski definition) is 5. The van der Waals surface area contributed by atoms with Crippen LogP contribution in [0.25, 0.3) is 0 Å². The number of carbonyl (C=O) groups excluding carboxylic acids is 2. The molecular weight excluding hydrogens is 264 g/mol. The summed E-state index contributed by atoms with van der Waals surface area (Å²) in [6.45, 7) is 4.96. The second-order valence-corrected chi connectivity index (χ2v) is 5.05. The minimum absolute atomic E-state index is 0.245. The fourth-order valence-electron chi connectivity index (χ4n) is 2.45. The molecule has 2 rings (SSSR count). The van der Waals surface area contributed by atoms with Crippen molar-refractivity contribution < 1.29 is 24.2 Å². The molecule has 0 aliphatic carbocycles. The van der Waals surface area contributed by atoms with Crippen LogP contribution >= 0.6 is 0 Å². The lowest BCUT2D eigenvalue weighted by Crippen LogP contribution is -2.44. The van der Waals surface area contributed by atoms with Gasteiger partial charge in [-0.15, -0.1) is 0 Å². The summed E-state index contributed by atoms with van der Waals surface area (Å²) in [6.07, 6.45) is 2.07. The molecule has 0 aromatic rings. The predicted molar refractivity (Wildman–Crippen MR) is 69.1 cm³/mol. The van der Waals surface area contributed by atoms with E-state index < -0.39 is 23.7 Å². The van der Waals surface area contributed by atoms with Crippen LogP contribution in [-0.2, 0) is 14.3 Å². The lowest BCUT2D eigenvalue weighted by Gasteiger charge is -2.28. The summed E-state index contributed by atoms with van der Waals surface area (Å²) in [5.41, 5.74) is -0.504. The van der Waals surface area contributed by atoms with Crippen LogP contribution in [0.3, 0.4) is 0 Å². The largest absolute Gasteiger partial charge is 0.469 e. The van der Waals surface area contributed by atoms with Gasteiger partial charge in [-0.1, -0.05) is 6.58 Å². The maximum absolute atomic E-state index is 11.9. The van der Waals surface area contributed by atoms with E-state index in [1.165, 1.54) is 12.0 Å². The molecule has 2 N–H and O–H groups in total. The number of amides is 2. The Balaban J connectivity index is 2.21. The number of urea groups is 1. The van der Waals surface area contributed by atoms with Crippen LogP contribution in [-0.4, -0.2) is 48.1 Å². The summed E-state index contributed by atoms with van der Waals surface area (Å²) in [6, 6.07) is -0.381. The Bertz CT molecular complexity index is 475. The van der Waals surface area contributed by atoms with Gasteiger partial charge in [0.1, 0.15) is 6.23 Å². The Kier molecular flexibility index (Phi) is 3.82. The first-order valence-electron chi connectivity index (χ1n) is 6.23. The topological polar surface area (TPSA) is 88.1 Å². The molecule has 7 heteroatoms. The normalized spacial score (nSPS) is 33.2. The van der Waals surface area contributed by atoms with E-state index in [0.29, 0.717) is 5.70 Å². The highest BCUT2D eigenvalue weighted by atomic mass is 16.6. The minimum Gasteiger partial charge on any atom is -0.469 e. The third-order valence-corrected chi connectivity index (χ3v) is 3.70. The molecule has 0 saturated carbocycles. The van der Waals surface area contributed by atoms with Gasteiger partial charge in [-0.3, -0.25) is 9.69 Å². The highest BCUT2D eigenvalue weighted by Crippen LogP contribution is 2.40. The van der Waals surface area contributed by atoms with Gasteiger partial charge >= 0.3 is 12.0 Å². The summed E-state index contributed by atoms with van der Waals surface area (Å²) < 4.78 is 10.4. The molecule has 2 amide bonds. The third-order valence-electron chi connectivity index (χ3n) is 3.70. The van der Waals surface area contributed by atoms with E-state index in [0.717, 1.165) is 0 Å². The standard InChI is InChI=1S/C13H18N2O5/c1-8-4-5-15(12(18)14-8)10-6-13(2,11(17)19-3)9(7-16)20-10/h4-5,9-10,16H,1,6-7H2,2-3H3,(H,14,18)/t9-,10-,13?/m1/s1. The first-order chi connectivity index (χ1) is 9.42. The summed E-state index contributed by atoms with van der Waals surface area (Å²) >= 11 is 0. The quantitative estimate of drug-likeness (QED) is 0.728. The molecule has 2 heterocycles. The molecule has 0 spiro atoms. The van der Waals surface area contributed by atoms with Crippen LogP contribution in [0.1, 0.15) is 13.3 Å². The molecular formula is C13H18N2O5. The Morgan fingerprint density at radius 3 is 3.00 bits per heavy atom. The summed E-state index contributed by atoms with van der Waals surface area (Å²) in [5, 5.41) is 11.9. The number of carbonyl (C=O) groups is 2. The molecule has 3 atom stereocenters. The van der Waals surface area contributed by atoms with Gasteiger partial charge in [0, 0.05) is 18.3 Å². The number of rotatable bonds is 3. The number of nitrogens with one attached hydrogen (secondary N) is 1. The first kappa shape index (κ1) is 14.5. The van der Waals surface area contributed by atoms with Crippen molar-refractivity contribution in [1.82, 2.24) is 10.2 Å². The van der Waals surface area contributed by atoms with E-state index in [4.69, 9.17) is 9.47 Å². The highest BCUT2D eigenvalue weighted by Gasteiger charge is 2.53. The van der Waals surface area contributed by atoms with E-state index in [2.05, 4.69) is 11.9 Å². The van der Waals surface area contributed by atoms with Gasteiger partial charge in [0.15, 0.2) is 0 Å². The molecule has 0 aromatic carbocycles. The molecule has 0 radical (unpaired) electrons. The zero-order valence-corrected chi connectivity index (χ0v) is 11.5. The lowest BCUT2D eigenvalue weighted by atomic mass is 9.83. The van der Waals surface area contributed by atoms with Crippen molar-refractivity contribution in [1.29, 1.82) is 0 Å². The Morgan fingerprint density at radius 2 is 2.45 bits per heavy atom. The molecule has 2 aliphatic heterocycles. The van der Waals surface area contributed by atoms with Gasteiger partial charge in [0.2, 0.25) is 0 Å². The van der Waals surface area contributed by atoms with Crippen molar-refractivity contribution in [2.45, 2.75) is 25.7 Å². The fraction of sp³-hybridized carbons (Fsp3) is 0.538. The zero-order chi connectivity index (χ0) is 14.9. The van der Waals surface area contributed by atoms with E-state index in [9.17, 15) is 14.7 Å². The second kappa shape index (κ2) is 5.26. The van der Waals surface area contributed by atoms with Gasteiger partial charge in [-0.25, -0.2) is 4.79 Å². The minimum atomic E-state index is -0.989. The third kappa shape index (κ3) is 2.30. The van der Waals surface area contributed by atoms with Crippen LogP contribution in [0.4, 0.5) is 4.79 Å². The number of allylic oxidation sites excluding steroid dienone is 1. The van der Waals surface area contributed by atoms with Gasteiger partial charge in [-0.2, -0.15) is 0 Å². The van der Waals surface area contributed by atoms with Crippen molar-refractivity contribution >= 4 is 12.0 Å². The van der Waals surface area contributed by atoms with E-state index in [1.54, 1.807) is 19.2 Å². The number of ether oxygens (including phenoxy) is 2. The zero-order valence-electron chi connectivity index (χ0n) is 11.5. The number of hydrogen-bond donors (Lipinski definition) is 2. The van der Waals surface area contributed by atoms with Crippen molar-refractivity contribution in [2.75, 3.05) is 13.7 Å². The smallest absolute Gasteiger partial charge is 0.327 e. The van der Waals surface area contributed by atoms with Crippen molar-refractivity contribution in [3.63, 3.8) is 0 Å². The molecule has 2 aliphatic rings. The van der Waals surface area contributed by atoms with Crippen molar-refractivity contribution in [3.8, 4) is 0 Å². The summed E-state index contributed by atoms with van der Waals surface area (Å²) in [4.78, 5) is 25.1. The first-order valence-corrected chi connectivity index (χ1v) is 6.23. The van der Waals surface area contributed by atoms with Crippen LogP contribution < -0.4 is 5.32 Å². The number of nitrogens with zero attached hydrogens (tertiary/aromatic N) is 1. The Hall–Kier alpha value is -1.86. The van der Waals surface area contributed by atoms with E-state index in [-0.39, 0.29) is 19.1 Å². The van der Waals surface area contributed by atoms with Crippen LogP contribution in [0, 0.1) is 5.41 Å². The van der Waals surface area contributed by atoms with Crippen molar-refractivity contribution in [3.05, 3.63) is 24.6 Å². The molecule has 0 aromatic heterocycles. The van der Waals surface area contributed by atoms with E-state index in [1.807, 2.05) is 0 Å². The molecule has 1 fully saturated rings. The van der Waals surface area contributed by atoms with Crippen molar-refractivity contribution in [2.24, 2.45) is 5.41 Å². The predicted octanol–water partition coefficient (Wildman–Crippen LogP) is 0.326. The highest BCUT2D eigenvalue weighted by molar-refractivity contribution is 5.80. The van der Waals surface area contributed by atoms with Crippen LogP contribution in [0.15, 0.2) is 24.6 Å². The maximum Gasteiger partial charge on any atom is 0.327 e. The molecule has 0 bridgehead atoms. The molecule has 1 saturated heterocycles. The van der Waals surface area contributed by atoms with Crippen LogP contribution in [0.2, 0.25) is 0 Å². The summed E-state index contributed by atoms with van der Waals surface area (Å²) in [5.74, 6) is -0.468. The van der Waals surface area contributed by atoms with Gasteiger partial charge in [0.05, 0.1) is 25.2 Å². The molecule has 20 heavy (non-hydrogen) atoms. The van der Waals surface area contributed by atoms with Gasteiger partial charge in [-0.05, 0) is 13.0 Å². The average Bonchev–Trinajstić information content (AvgIpc) is 2.76. The SMILES string of the molecule is C=C1C=CN([C@H]2CC(C)(C(=O)OC)[C@@H](CO)O2)C(=O)N1. The van der Waals surface area contributed by atoms with Gasteiger partial charge in [0.25, 0.3) is 0 Å². The molecule has 1 unspecified atom stereocenters. The number of aliphatic hydroxyl groups is 1. The molecule has 7 nitrogen and oxygen atoms in total. The monoisotopic (exact) mass is 282 g/mol. The Morgan fingerprint density at radius 1 is 1.75 bits per heavy atom. The number of esters is 1. The fourth-order valence-corrected chi connectivity index (χ4v) is 2.45. The maximum atomic E-state index is 11.9. The molecule has 110 valence electrons. The summed E-state index contributed by atoms with van der Waals surface area (Å²) in [7, 11) is 1.28. The van der Waals surface area contributed by atoms with E-state index >= 15 is 0 Å². The number of aliphatic hydroxyl groups excluding tert-OH is 1. The average molecular weight is 282 g/mol. The number of methoxy groups -OCH3 is 1. The second-order valence-electron chi connectivity index (χ2n) is 5.05. The van der Waals surface area contributed by atoms with Crippen LogP contribution in [0.5, 0.6) is 0 Å². The van der Waals surface area contributed by atoms with Gasteiger partial charge < -0.3 is 19.9 Å². The Labute approximate surface area is 116 Å².